The van der Waals surface area contributed by atoms with Crippen molar-refractivity contribution in [2.45, 2.75) is 33.4 Å². The molecule has 4 nitrogen and oxygen atoms in total. The number of rotatable bonds is 4. The smallest absolute Gasteiger partial charge is 0.158 e. The van der Waals surface area contributed by atoms with Gasteiger partial charge in [-0.1, -0.05) is 13.8 Å². The van der Waals surface area contributed by atoms with E-state index in [-0.39, 0.29) is 6.61 Å². The van der Waals surface area contributed by atoms with Gasteiger partial charge >= 0.3 is 0 Å². The third-order valence-corrected chi connectivity index (χ3v) is 1.78. The highest BCUT2D eigenvalue weighted by Crippen LogP contribution is 2.03. The van der Waals surface area contributed by atoms with E-state index in [1.165, 1.54) is 0 Å². The number of hydrogen-bond acceptors (Lipinski definition) is 3. The molecule has 0 aliphatic heterocycles. The second kappa shape index (κ2) is 4.21. The molecule has 1 aromatic rings. The van der Waals surface area contributed by atoms with Crippen LogP contribution in [0.25, 0.3) is 0 Å². The third-order valence-electron chi connectivity index (χ3n) is 1.78. The lowest BCUT2D eigenvalue weighted by atomic mass is 10.1. The van der Waals surface area contributed by atoms with Gasteiger partial charge in [-0.3, -0.25) is 0 Å². The number of aliphatic hydroxyl groups excluding tert-OH is 1. The summed E-state index contributed by atoms with van der Waals surface area (Å²) in [6.07, 6.45) is 2.75. The molecule has 0 saturated carbocycles. The Bertz CT molecular complexity index is 232. The maximum atomic E-state index is 8.85. The first-order chi connectivity index (χ1) is 5.74. The van der Waals surface area contributed by atoms with Gasteiger partial charge in [0.25, 0.3) is 0 Å². The van der Waals surface area contributed by atoms with Crippen molar-refractivity contribution in [1.82, 2.24) is 14.8 Å². The Morgan fingerprint density at radius 1 is 1.58 bits per heavy atom. The van der Waals surface area contributed by atoms with Crippen molar-refractivity contribution in [1.29, 1.82) is 0 Å². The molecule has 0 spiro atoms. The number of aryl methyl sites for hydroxylation is 1. The molecule has 0 aliphatic carbocycles. The van der Waals surface area contributed by atoms with Gasteiger partial charge in [0, 0.05) is 6.54 Å². The molecular weight excluding hydrogens is 154 g/mol. The van der Waals surface area contributed by atoms with Gasteiger partial charge in [-0.25, -0.2) is 0 Å². The van der Waals surface area contributed by atoms with E-state index in [0.29, 0.717) is 11.7 Å². The third kappa shape index (κ3) is 2.30. The van der Waals surface area contributed by atoms with Crippen molar-refractivity contribution in [3.8, 4) is 0 Å². The van der Waals surface area contributed by atoms with Crippen LogP contribution in [0, 0.1) is 5.92 Å². The van der Waals surface area contributed by atoms with Crippen molar-refractivity contribution >= 4 is 0 Å². The minimum Gasteiger partial charge on any atom is -0.388 e. The second-order valence-corrected chi connectivity index (χ2v) is 3.28. The monoisotopic (exact) mass is 169 g/mol. The van der Waals surface area contributed by atoms with E-state index in [9.17, 15) is 0 Å². The molecule has 1 N–H and O–H groups in total. The van der Waals surface area contributed by atoms with Crippen LogP contribution in [0.5, 0.6) is 0 Å². The zero-order valence-corrected chi connectivity index (χ0v) is 7.56. The Morgan fingerprint density at radius 3 is 2.92 bits per heavy atom. The molecule has 0 saturated heterocycles. The maximum absolute atomic E-state index is 8.85. The predicted molar refractivity (Wildman–Crippen MR) is 45.4 cm³/mol. The van der Waals surface area contributed by atoms with Crippen LogP contribution in [0.3, 0.4) is 0 Å². The van der Waals surface area contributed by atoms with Gasteiger partial charge in [0.05, 0.1) is 0 Å². The van der Waals surface area contributed by atoms with Gasteiger partial charge in [-0.05, 0) is 12.3 Å². The van der Waals surface area contributed by atoms with E-state index in [0.717, 1.165) is 13.0 Å². The minimum absolute atomic E-state index is 0.0297. The zero-order valence-electron chi connectivity index (χ0n) is 7.56. The lowest BCUT2D eigenvalue weighted by Crippen LogP contribution is -2.05. The molecule has 0 unspecified atom stereocenters. The van der Waals surface area contributed by atoms with Crippen molar-refractivity contribution < 1.29 is 5.11 Å². The molecule has 1 rings (SSSR count). The van der Waals surface area contributed by atoms with Crippen LogP contribution in [0.2, 0.25) is 0 Å². The number of aromatic nitrogens is 3. The Hall–Kier alpha value is -0.900. The van der Waals surface area contributed by atoms with Crippen LogP contribution < -0.4 is 0 Å². The van der Waals surface area contributed by atoms with Crippen LogP contribution in [0.4, 0.5) is 0 Å². The summed E-state index contributed by atoms with van der Waals surface area (Å²) in [6.45, 7) is 5.20. The quantitative estimate of drug-likeness (QED) is 0.725. The summed E-state index contributed by atoms with van der Waals surface area (Å²) in [5, 5.41) is 16.3. The summed E-state index contributed by atoms with van der Waals surface area (Å²) >= 11 is 0. The molecule has 0 amide bonds. The molecule has 0 bridgehead atoms. The normalized spacial score (nSPS) is 11.0. The molecule has 0 atom stereocenters. The maximum Gasteiger partial charge on any atom is 0.158 e. The van der Waals surface area contributed by atoms with Crippen molar-refractivity contribution in [2.24, 2.45) is 5.92 Å². The molecule has 1 heterocycles. The molecule has 4 heteroatoms. The van der Waals surface area contributed by atoms with Crippen LogP contribution in [-0.2, 0) is 13.2 Å². The largest absolute Gasteiger partial charge is 0.388 e. The number of hydrogen-bond donors (Lipinski definition) is 1. The molecule has 0 fully saturated rings. The Kier molecular flexibility index (Phi) is 3.22. The molecular formula is C8H15N3O. The standard InChI is InChI=1S/C8H15N3O/c1-7(2)3-4-11-6-9-10-8(11)5-12/h6-7,12H,3-5H2,1-2H3. The van der Waals surface area contributed by atoms with Gasteiger partial charge in [0.1, 0.15) is 12.9 Å². The highest BCUT2D eigenvalue weighted by molar-refractivity contribution is 4.81. The van der Waals surface area contributed by atoms with E-state index in [1.807, 2.05) is 4.57 Å². The first-order valence-electron chi connectivity index (χ1n) is 4.21. The van der Waals surface area contributed by atoms with E-state index >= 15 is 0 Å². The number of nitrogens with zero attached hydrogens (tertiary/aromatic N) is 3. The van der Waals surface area contributed by atoms with Crippen molar-refractivity contribution in [2.75, 3.05) is 0 Å². The van der Waals surface area contributed by atoms with Gasteiger partial charge in [0.2, 0.25) is 0 Å². The number of aliphatic hydroxyl groups is 1. The highest BCUT2D eigenvalue weighted by Gasteiger charge is 2.02. The van der Waals surface area contributed by atoms with Gasteiger partial charge in [-0.2, -0.15) is 0 Å². The van der Waals surface area contributed by atoms with E-state index in [1.54, 1.807) is 6.33 Å². The van der Waals surface area contributed by atoms with Crippen LogP contribution in [0.15, 0.2) is 6.33 Å². The summed E-state index contributed by atoms with van der Waals surface area (Å²) in [7, 11) is 0. The zero-order chi connectivity index (χ0) is 8.97. The fraction of sp³-hybridized carbons (Fsp3) is 0.750. The Labute approximate surface area is 72.2 Å². The van der Waals surface area contributed by atoms with E-state index in [2.05, 4.69) is 24.0 Å². The average molecular weight is 169 g/mol. The summed E-state index contributed by atoms with van der Waals surface area (Å²) < 4.78 is 1.89. The predicted octanol–water partition coefficient (Wildman–Crippen LogP) is 0.817. The van der Waals surface area contributed by atoms with Crippen LogP contribution in [-0.4, -0.2) is 19.9 Å². The summed E-state index contributed by atoms with van der Waals surface area (Å²) in [4.78, 5) is 0. The average Bonchev–Trinajstić information content (AvgIpc) is 2.47. The van der Waals surface area contributed by atoms with Crippen LogP contribution >= 0.6 is 0 Å². The Balaban J connectivity index is 2.50. The molecule has 0 aliphatic rings. The molecule has 1 aromatic heterocycles. The lowest BCUT2D eigenvalue weighted by Gasteiger charge is -2.06. The Morgan fingerprint density at radius 2 is 2.33 bits per heavy atom. The van der Waals surface area contributed by atoms with E-state index in [4.69, 9.17) is 5.11 Å². The van der Waals surface area contributed by atoms with Gasteiger partial charge < -0.3 is 9.67 Å². The minimum atomic E-state index is -0.0297. The summed E-state index contributed by atoms with van der Waals surface area (Å²) in [5.41, 5.74) is 0. The van der Waals surface area contributed by atoms with Crippen LogP contribution in [0.1, 0.15) is 26.1 Å². The lowest BCUT2D eigenvalue weighted by molar-refractivity contribution is 0.263. The fourth-order valence-electron chi connectivity index (χ4n) is 0.985. The highest BCUT2D eigenvalue weighted by atomic mass is 16.3. The van der Waals surface area contributed by atoms with E-state index < -0.39 is 0 Å². The summed E-state index contributed by atoms with van der Waals surface area (Å²) in [5.74, 6) is 1.31. The first kappa shape index (κ1) is 9.19. The van der Waals surface area contributed by atoms with Gasteiger partial charge in [0.15, 0.2) is 5.82 Å². The fourth-order valence-corrected chi connectivity index (χ4v) is 0.985. The van der Waals surface area contributed by atoms with Crippen molar-refractivity contribution in [3.63, 3.8) is 0 Å². The van der Waals surface area contributed by atoms with Crippen molar-refractivity contribution in [3.05, 3.63) is 12.2 Å². The topological polar surface area (TPSA) is 50.9 Å². The second-order valence-electron chi connectivity index (χ2n) is 3.28. The first-order valence-corrected chi connectivity index (χ1v) is 4.21. The molecule has 68 valence electrons. The molecule has 0 radical (unpaired) electrons. The molecule has 0 aromatic carbocycles. The SMILES string of the molecule is CC(C)CCn1cnnc1CO. The molecule has 12 heavy (non-hydrogen) atoms. The van der Waals surface area contributed by atoms with Gasteiger partial charge in [-0.15, -0.1) is 10.2 Å². The summed E-state index contributed by atoms with van der Waals surface area (Å²) in [6, 6.07) is 0.